The lowest BCUT2D eigenvalue weighted by atomic mass is 9.98. The second-order valence-corrected chi connectivity index (χ2v) is 6.60. The van der Waals surface area contributed by atoms with Gasteiger partial charge in [-0.05, 0) is 31.9 Å². The highest BCUT2D eigenvalue weighted by atomic mass is 32.2. The molecule has 1 heterocycles. The molecule has 1 aromatic carbocycles. The molecule has 21 heavy (non-hydrogen) atoms. The van der Waals surface area contributed by atoms with E-state index in [1.165, 1.54) is 5.56 Å². The first-order valence-corrected chi connectivity index (χ1v) is 8.25. The quantitative estimate of drug-likeness (QED) is 0.850. The SMILES string of the molecule is Cc1ccc(SCCC(=O)N2CCC[C@@H](C(=O)O)C2)cc1. The van der Waals surface area contributed by atoms with E-state index in [2.05, 4.69) is 24.3 Å². The number of likely N-dealkylation sites (tertiary alicyclic amines) is 1. The Bertz CT molecular complexity index is 501. The first-order chi connectivity index (χ1) is 10.1. The summed E-state index contributed by atoms with van der Waals surface area (Å²) in [5.74, 6) is -0.384. The fourth-order valence-electron chi connectivity index (χ4n) is 2.45. The smallest absolute Gasteiger partial charge is 0.308 e. The summed E-state index contributed by atoms with van der Waals surface area (Å²) in [7, 11) is 0. The van der Waals surface area contributed by atoms with Gasteiger partial charge in [-0.1, -0.05) is 17.7 Å². The van der Waals surface area contributed by atoms with Crippen LogP contribution >= 0.6 is 11.8 Å². The predicted octanol–water partition coefficient (Wildman–Crippen LogP) is 2.80. The molecule has 0 unspecified atom stereocenters. The van der Waals surface area contributed by atoms with Crippen LogP contribution in [-0.4, -0.2) is 40.7 Å². The topological polar surface area (TPSA) is 57.6 Å². The number of piperidine rings is 1. The van der Waals surface area contributed by atoms with E-state index in [1.807, 2.05) is 6.92 Å². The van der Waals surface area contributed by atoms with Gasteiger partial charge >= 0.3 is 5.97 Å². The molecule has 0 aromatic heterocycles. The lowest BCUT2D eigenvalue weighted by Gasteiger charge is -2.30. The van der Waals surface area contributed by atoms with Crippen molar-refractivity contribution in [1.82, 2.24) is 4.90 Å². The average Bonchev–Trinajstić information content (AvgIpc) is 2.49. The number of carbonyl (C=O) groups excluding carboxylic acids is 1. The molecule has 1 amide bonds. The highest BCUT2D eigenvalue weighted by Crippen LogP contribution is 2.21. The van der Waals surface area contributed by atoms with Gasteiger partial charge in [0.15, 0.2) is 0 Å². The Morgan fingerprint density at radius 2 is 2.05 bits per heavy atom. The molecule has 114 valence electrons. The number of benzene rings is 1. The third kappa shape index (κ3) is 4.77. The molecule has 4 nitrogen and oxygen atoms in total. The summed E-state index contributed by atoms with van der Waals surface area (Å²) < 4.78 is 0. The van der Waals surface area contributed by atoms with Gasteiger partial charge in [0, 0.05) is 30.2 Å². The molecule has 1 aliphatic heterocycles. The van der Waals surface area contributed by atoms with E-state index >= 15 is 0 Å². The van der Waals surface area contributed by atoms with Crippen LogP contribution in [0.15, 0.2) is 29.2 Å². The molecular formula is C16H21NO3S. The second-order valence-electron chi connectivity index (χ2n) is 5.43. The lowest BCUT2D eigenvalue weighted by molar-refractivity contribution is -0.145. The normalized spacial score (nSPS) is 18.5. The number of rotatable bonds is 5. The van der Waals surface area contributed by atoms with Gasteiger partial charge in [0.05, 0.1) is 5.92 Å². The average molecular weight is 307 g/mol. The van der Waals surface area contributed by atoms with Crippen LogP contribution in [0.4, 0.5) is 0 Å². The number of carboxylic acids is 1. The molecule has 0 saturated carbocycles. The van der Waals surface area contributed by atoms with Gasteiger partial charge in [0.1, 0.15) is 0 Å². The van der Waals surface area contributed by atoms with Crippen LogP contribution in [-0.2, 0) is 9.59 Å². The third-order valence-corrected chi connectivity index (χ3v) is 4.74. The predicted molar refractivity (Wildman–Crippen MR) is 83.5 cm³/mol. The minimum atomic E-state index is -0.790. The molecule has 0 spiro atoms. The van der Waals surface area contributed by atoms with Gasteiger partial charge < -0.3 is 10.0 Å². The Morgan fingerprint density at radius 3 is 2.71 bits per heavy atom. The van der Waals surface area contributed by atoms with Gasteiger partial charge in [-0.2, -0.15) is 0 Å². The molecule has 5 heteroatoms. The number of hydrogen-bond acceptors (Lipinski definition) is 3. The molecule has 1 atom stereocenters. The number of aryl methyl sites for hydroxylation is 1. The maximum absolute atomic E-state index is 12.1. The van der Waals surface area contributed by atoms with E-state index < -0.39 is 11.9 Å². The van der Waals surface area contributed by atoms with Crippen molar-refractivity contribution in [2.45, 2.75) is 31.1 Å². The van der Waals surface area contributed by atoms with Gasteiger partial charge in [0.2, 0.25) is 5.91 Å². The molecule has 1 saturated heterocycles. The van der Waals surface area contributed by atoms with Crippen LogP contribution in [0.2, 0.25) is 0 Å². The van der Waals surface area contributed by atoms with Crippen molar-refractivity contribution < 1.29 is 14.7 Å². The van der Waals surface area contributed by atoms with Crippen LogP contribution in [0.3, 0.4) is 0 Å². The van der Waals surface area contributed by atoms with Crippen LogP contribution in [0.5, 0.6) is 0 Å². The number of amides is 1. The largest absolute Gasteiger partial charge is 0.481 e. The lowest BCUT2D eigenvalue weighted by Crippen LogP contribution is -2.42. The zero-order valence-corrected chi connectivity index (χ0v) is 13.1. The van der Waals surface area contributed by atoms with Crippen LogP contribution in [0.25, 0.3) is 0 Å². The molecule has 0 bridgehead atoms. The Labute approximate surface area is 129 Å². The maximum Gasteiger partial charge on any atom is 0.308 e. The maximum atomic E-state index is 12.1. The third-order valence-electron chi connectivity index (χ3n) is 3.73. The summed E-state index contributed by atoms with van der Waals surface area (Å²) in [5.41, 5.74) is 1.23. The summed E-state index contributed by atoms with van der Waals surface area (Å²) >= 11 is 1.66. The molecule has 2 rings (SSSR count). The van der Waals surface area contributed by atoms with Gasteiger partial charge in [-0.25, -0.2) is 0 Å². The molecule has 1 aromatic rings. The second kappa shape index (κ2) is 7.50. The summed E-state index contributed by atoms with van der Waals surface area (Å²) in [5, 5.41) is 9.04. The number of aliphatic carboxylic acids is 1. The summed E-state index contributed by atoms with van der Waals surface area (Å²) in [6, 6.07) is 8.25. The van der Waals surface area contributed by atoms with Crippen LogP contribution in [0, 0.1) is 12.8 Å². The Balaban J connectivity index is 1.76. The molecule has 1 N–H and O–H groups in total. The van der Waals surface area contributed by atoms with E-state index in [0.717, 1.165) is 17.1 Å². The van der Waals surface area contributed by atoms with Crippen molar-refractivity contribution in [2.75, 3.05) is 18.8 Å². The summed E-state index contributed by atoms with van der Waals surface area (Å²) in [4.78, 5) is 26.0. The molecular weight excluding hydrogens is 286 g/mol. The van der Waals surface area contributed by atoms with Gasteiger partial charge in [-0.3, -0.25) is 9.59 Å². The van der Waals surface area contributed by atoms with Crippen molar-refractivity contribution in [3.63, 3.8) is 0 Å². The Morgan fingerprint density at radius 1 is 1.33 bits per heavy atom. The van der Waals surface area contributed by atoms with Crippen molar-refractivity contribution in [1.29, 1.82) is 0 Å². The van der Waals surface area contributed by atoms with E-state index in [9.17, 15) is 9.59 Å². The molecule has 0 radical (unpaired) electrons. The molecule has 1 fully saturated rings. The Kier molecular flexibility index (Phi) is 5.67. The van der Waals surface area contributed by atoms with Crippen molar-refractivity contribution in [3.8, 4) is 0 Å². The highest BCUT2D eigenvalue weighted by Gasteiger charge is 2.27. The van der Waals surface area contributed by atoms with Crippen LogP contribution < -0.4 is 0 Å². The monoisotopic (exact) mass is 307 g/mol. The van der Waals surface area contributed by atoms with E-state index in [1.54, 1.807) is 16.7 Å². The first kappa shape index (κ1) is 15.9. The van der Waals surface area contributed by atoms with Crippen molar-refractivity contribution in [2.24, 2.45) is 5.92 Å². The van der Waals surface area contributed by atoms with Crippen LogP contribution in [0.1, 0.15) is 24.8 Å². The zero-order chi connectivity index (χ0) is 15.2. The molecule has 1 aliphatic rings. The highest BCUT2D eigenvalue weighted by molar-refractivity contribution is 7.99. The molecule has 0 aliphatic carbocycles. The van der Waals surface area contributed by atoms with E-state index in [-0.39, 0.29) is 5.91 Å². The minimum absolute atomic E-state index is 0.0700. The van der Waals surface area contributed by atoms with Gasteiger partial charge in [-0.15, -0.1) is 11.8 Å². The number of hydrogen-bond donors (Lipinski definition) is 1. The zero-order valence-electron chi connectivity index (χ0n) is 12.2. The minimum Gasteiger partial charge on any atom is -0.481 e. The first-order valence-electron chi connectivity index (χ1n) is 7.26. The Hall–Kier alpha value is -1.49. The van der Waals surface area contributed by atoms with E-state index in [0.29, 0.717) is 25.9 Å². The summed E-state index contributed by atoms with van der Waals surface area (Å²) in [6.45, 7) is 3.11. The van der Waals surface area contributed by atoms with Gasteiger partial charge in [0.25, 0.3) is 0 Å². The van der Waals surface area contributed by atoms with Crippen molar-refractivity contribution in [3.05, 3.63) is 29.8 Å². The number of nitrogens with zero attached hydrogens (tertiary/aromatic N) is 1. The standard InChI is InChI=1S/C16H21NO3S/c1-12-4-6-14(7-5-12)21-10-8-15(18)17-9-2-3-13(11-17)16(19)20/h4-7,13H,2-3,8-11H2,1H3,(H,19,20)/t13-/m1/s1. The fourth-order valence-corrected chi connectivity index (χ4v) is 3.29. The number of thioether (sulfide) groups is 1. The van der Waals surface area contributed by atoms with E-state index in [4.69, 9.17) is 5.11 Å². The fraction of sp³-hybridized carbons (Fsp3) is 0.500. The number of carboxylic acid groups (broad SMARTS) is 1. The van der Waals surface area contributed by atoms with Crippen molar-refractivity contribution >= 4 is 23.6 Å². The number of carbonyl (C=O) groups is 2. The summed E-state index contributed by atoms with van der Waals surface area (Å²) in [6.07, 6.45) is 1.93.